The third kappa shape index (κ3) is 7.59. The Balaban J connectivity index is 1.75. The fraction of sp³-hybridized carbons (Fsp3) is 0.200. The molecule has 0 heterocycles. The number of nitrogens with one attached hydrogen (secondary N) is 3. The second-order valence-corrected chi connectivity index (χ2v) is 8.52. The maximum atomic E-state index is 13.3. The number of nitrogens with zero attached hydrogens (tertiary/aromatic N) is 1. The number of anilines is 3. The summed E-state index contributed by atoms with van der Waals surface area (Å²) in [4.78, 5) is 26.6. The lowest BCUT2D eigenvalue weighted by Gasteiger charge is -2.24. The maximum Gasteiger partial charge on any atom is 0.416 e. The standard InChI is InChI=1S/C25H23Cl2F3N4O4/c1-37-18-7-9-21(22(14-18)38-2)33-23(35)31-10-11-34(17-5-3-4-15(12-17)25(28,29)30)24(36)32-16-6-8-19(26)20(27)13-16/h3-9,12-14H,10-11H2,1-2H3,(H,32,36)(H2,31,33,35). The molecule has 3 aromatic carbocycles. The second kappa shape index (κ2) is 12.6. The van der Waals surface area contributed by atoms with E-state index in [1.165, 1.54) is 44.6 Å². The number of urea groups is 2. The van der Waals surface area contributed by atoms with Gasteiger partial charge in [0.1, 0.15) is 11.5 Å². The minimum atomic E-state index is -4.61. The van der Waals surface area contributed by atoms with Crippen molar-refractivity contribution in [2.45, 2.75) is 6.18 Å². The minimum absolute atomic E-state index is 0.0311. The number of halogens is 5. The zero-order chi connectivity index (χ0) is 27.9. The first-order valence-electron chi connectivity index (χ1n) is 11.0. The topological polar surface area (TPSA) is 91.9 Å². The molecule has 0 saturated heterocycles. The highest BCUT2D eigenvalue weighted by Gasteiger charge is 2.31. The zero-order valence-electron chi connectivity index (χ0n) is 20.2. The van der Waals surface area contributed by atoms with Crippen LogP contribution >= 0.6 is 23.2 Å². The quantitative estimate of drug-likeness (QED) is 0.275. The van der Waals surface area contributed by atoms with Crippen molar-refractivity contribution in [3.63, 3.8) is 0 Å². The number of rotatable bonds is 8. The molecule has 3 N–H and O–H groups in total. The van der Waals surface area contributed by atoms with Crippen LogP contribution in [0.2, 0.25) is 10.0 Å². The normalized spacial score (nSPS) is 10.9. The smallest absolute Gasteiger partial charge is 0.416 e. The minimum Gasteiger partial charge on any atom is -0.497 e. The summed E-state index contributed by atoms with van der Waals surface area (Å²) in [7, 11) is 2.92. The van der Waals surface area contributed by atoms with Crippen LogP contribution in [-0.2, 0) is 6.18 Å². The third-order valence-corrected chi connectivity index (χ3v) is 5.92. The van der Waals surface area contributed by atoms with Crippen LogP contribution in [0.1, 0.15) is 5.56 Å². The van der Waals surface area contributed by atoms with Crippen LogP contribution in [0.3, 0.4) is 0 Å². The van der Waals surface area contributed by atoms with Crippen LogP contribution in [0.25, 0.3) is 0 Å². The number of hydrogen-bond donors (Lipinski definition) is 3. The number of methoxy groups -OCH3 is 2. The average Bonchev–Trinajstić information content (AvgIpc) is 2.88. The van der Waals surface area contributed by atoms with Gasteiger partial charge in [-0.25, -0.2) is 9.59 Å². The summed E-state index contributed by atoms with van der Waals surface area (Å²) in [5.74, 6) is 0.878. The molecule has 38 heavy (non-hydrogen) atoms. The van der Waals surface area contributed by atoms with Gasteiger partial charge in [-0.05, 0) is 48.5 Å². The molecule has 0 spiro atoms. The van der Waals surface area contributed by atoms with Crippen LogP contribution in [0.4, 0.5) is 39.8 Å². The first kappa shape index (κ1) is 28.7. The van der Waals surface area contributed by atoms with Gasteiger partial charge >= 0.3 is 18.2 Å². The van der Waals surface area contributed by atoms with Crippen LogP contribution in [0, 0.1) is 0 Å². The van der Waals surface area contributed by atoms with Crippen LogP contribution < -0.4 is 30.3 Å². The fourth-order valence-corrected chi connectivity index (χ4v) is 3.61. The first-order chi connectivity index (χ1) is 18.0. The van der Waals surface area contributed by atoms with E-state index in [1.807, 2.05) is 0 Å². The van der Waals surface area contributed by atoms with E-state index in [-0.39, 0.29) is 34.5 Å². The summed E-state index contributed by atoms with van der Waals surface area (Å²) in [6.07, 6.45) is -4.61. The molecule has 0 aromatic heterocycles. The number of benzene rings is 3. The molecule has 13 heteroatoms. The number of carbonyl (C=O) groups is 2. The molecular formula is C25H23Cl2F3N4O4. The Bertz CT molecular complexity index is 1310. The lowest BCUT2D eigenvalue weighted by atomic mass is 10.2. The van der Waals surface area contributed by atoms with Crippen LogP contribution in [0.5, 0.6) is 11.5 Å². The summed E-state index contributed by atoms with van der Waals surface area (Å²) in [5.41, 5.74) is -0.326. The number of hydrogen-bond acceptors (Lipinski definition) is 4. The largest absolute Gasteiger partial charge is 0.497 e. The number of alkyl halides is 3. The van der Waals surface area contributed by atoms with E-state index in [1.54, 1.807) is 18.2 Å². The van der Waals surface area contributed by atoms with E-state index in [4.69, 9.17) is 32.7 Å². The van der Waals surface area contributed by atoms with Crippen molar-refractivity contribution >= 4 is 52.3 Å². The van der Waals surface area contributed by atoms with Crippen molar-refractivity contribution in [3.8, 4) is 11.5 Å². The third-order valence-electron chi connectivity index (χ3n) is 5.18. The molecule has 0 bridgehead atoms. The van der Waals surface area contributed by atoms with Crippen molar-refractivity contribution in [2.24, 2.45) is 0 Å². The van der Waals surface area contributed by atoms with Gasteiger partial charge < -0.3 is 25.4 Å². The summed E-state index contributed by atoms with van der Waals surface area (Å²) in [6, 6.07) is 12.1. The van der Waals surface area contributed by atoms with Gasteiger partial charge in [-0.1, -0.05) is 29.3 Å². The molecule has 0 aliphatic heterocycles. The molecule has 3 aromatic rings. The molecule has 3 rings (SSSR count). The van der Waals surface area contributed by atoms with Gasteiger partial charge in [0, 0.05) is 30.5 Å². The van der Waals surface area contributed by atoms with Gasteiger partial charge in [0.2, 0.25) is 0 Å². The molecule has 202 valence electrons. The van der Waals surface area contributed by atoms with E-state index in [0.717, 1.165) is 17.0 Å². The summed E-state index contributed by atoms with van der Waals surface area (Å²) in [6.45, 7) is -0.267. The predicted molar refractivity (Wildman–Crippen MR) is 141 cm³/mol. The Morgan fingerprint density at radius 2 is 1.68 bits per heavy atom. The molecule has 0 fully saturated rings. The molecule has 0 radical (unpaired) electrons. The summed E-state index contributed by atoms with van der Waals surface area (Å²) in [5, 5.41) is 8.21. The highest BCUT2D eigenvalue weighted by molar-refractivity contribution is 6.42. The zero-order valence-corrected chi connectivity index (χ0v) is 21.7. The maximum absolute atomic E-state index is 13.3. The molecule has 0 saturated carbocycles. The molecule has 0 aliphatic carbocycles. The van der Waals surface area contributed by atoms with E-state index < -0.39 is 23.8 Å². The Kier molecular flexibility index (Phi) is 9.54. The number of ether oxygens (including phenoxy) is 2. The Hall–Kier alpha value is -3.83. The molecule has 0 atom stereocenters. The van der Waals surface area contributed by atoms with E-state index in [9.17, 15) is 22.8 Å². The lowest BCUT2D eigenvalue weighted by Crippen LogP contribution is -2.42. The van der Waals surface area contributed by atoms with Crippen molar-refractivity contribution in [3.05, 3.63) is 76.3 Å². The SMILES string of the molecule is COc1ccc(NC(=O)NCCN(C(=O)Nc2ccc(Cl)c(Cl)c2)c2cccc(C(F)(F)F)c2)c(OC)c1. The Morgan fingerprint density at radius 1 is 0.921 bits per heavy atom. The van der Waals surface area contributed by atoms with Gasteiger partial charge in [0.15, 0.2) is 0 Å². The molecule has 8 nitrogen and oxygen atoms in total. The second-order valence-electron chi connectivity index (χ2n) is 7.71. The van der Waals surface area contributed by atoms with Crippen molar-refractivity contribution < 1.29 is 32.2 Å². The van der Waals surface area contributed by atoms with Gasteiger partial charge in [0.25, 0.3) is 0 Å². The number of carbonyl (C=O) groups excluding carboxylic acids is 2. The van der Waals surface area contributed by atoms with E-state index in [2.05, 4.69) is 16.0 Å². The van der Waals surface area contributed by atoms with Crippen molar-refractivity contribution in [1.82, 2.24) is 5.32 Å². The van der Waals surface area contributed by atoms with E-state index in [0.29, 0.717) is 17.2 Å². The lowest BCUT2D eigenvalue weighted by molar-refractivity contribution is -0.137. The average molecular weight is 571 g/mol. The Morgan fingerprint density at radius 3 is 2.34 bits per heavy atom. The Labute approximate surface area is 226 Å². The summed E-state index contributed by atoms with van der Waals surface area (Å²) < 4.78 is 50.3. The van der Waals surface area contributed by atoms with E-state index >= 15 is 0 Å². The highest BCUT2D eigenvalue weighted by atomic mass is 35.5. The first-order valence-corrected chi connectivity index (χ1v) is 11.7. The van der Waals surface area contributed by atoms with Crippen LogP contribution in [-0.4, -0.2) is 39.4 Å². The summed E-state index contributed by atoms with van der Waals surface area (Å²) >= 11 is 11.9. The van der Waals surface area contributed by atoms with Gasteiger partial charge in [-0.2, -0.15) is 13.2 Å². The number of amides is 4. The highest BCUT2D eigenvalue weighted by Crippen LogP contribution is 2.32. The molecular weight excluding hydrogens is 548 g/mol. The van der Waals surface area contributed by atoms with Gasteiger partial charge in [-0.15, -0.1) is 0 Å². The monoisotopic (exact) mass is 570 g/mol. The molecule has 0 unspecified atom stereocenters. The van der Waals surface area contributed by atoms with Gasteiger partial charge in [-0.3, -0.25) is 4.90 Å². The van der Waals surface area contributed by atoms with Crippen molar-refractivity contribution in [1.29, 1.82) is 0 Å². The molecule has 0 aliphatic rings. The van der Waals surface area contributed by atoms with Crippen LogP contribution in [0.15, 0.2) is 60.7 Å². The van der Waals surface area contributed by atoms with Crippen molar-refractivity contribution in [2.75, 3.05) is 42.8 Å². The molecule has 4 amide bonds. The predicted octanol–water partition coefficient (Wildman–Crippen LogP) is 6.89. The van der Waals surface area contributed by atoms with Gasteiger partial charge in [0.05, 0.1) is 35.5 Å². The fourth-order valence-electron chi connectivity index (χ4n) is 3.31.